The van der Waals surface area contributed by atoms with Crippen LogP contribution in [-0.4, -0.2) is 20.9 Å². The number of nitrogens with zero attached hydrogens (tertiary/aromatic N) is 3. The lowest BCUT2D eigenvalue weighted by atomic mass is 10.1. The fourth-order valence-electron chi connectivity index (χ4n) is 2.05. The number of carbonyl (C=O) groups excluding carboxylic acids is 1. The summed E-state index contributed by atoms with van der Waals surface area (Å²) >= 11 is 0. The van der Waals surface area contributed by atoms with Gasteiger partial charge in [-0.1, -0.05) is 18.2 Å². The molecule has 3 N–H and O–H groups in total. The molecule has 104 valence electrons. The summed E-state index contributed by atoms with van der Waals surface area (Å²) < 4.78 is 0. The Morgan fingerprint density at radius 1 is 1.14 bits per heavy atom. The van der Waals surface area contributed by atoms with Crippen molar-refractivity contribution in [2.24, 2.45) is 0 Å². The van der Waals surface area contributed by atoms with E-state index in [1.54, 1.807) is 6.07 Å². The van der Waals surface area contributed by atoms with E-state index in [1.165, 1.54) is 12.4 Å². The van der Waals surface area contributed by atoms with Gasteiger partial charge in [-0.15, -0.1) is 0 Å². The summed E-state index contributed by atoms with van der Waals surface area (Å²) in [5.74, 6) is -0.309. The molecule has 0 bridgehead atoms. The smallest absolute Gasteiger partial charge is 0.278 e. The maximum atomic E-state index is 12.2. The number of nitrogen functional groups attached to an aromatic ring is 1. The van der Waals surface area contributed by atoms with Crippen molar-refractivity contribution in [2.45, 2.75) is 6.92 Å². The van der Waals surface area contributed by atoms with Crippen LogP contribution in [0.5, 0.6) is 0 Å². The minimum absolute atomic E-state index is 0.0966. The third kappa shape index (κ3) is 2.51. The Morgan fingerprint density at radius 3 is 2.76 bits per heavy atom. The Bertz CT molecular complexity index is 831. The normalized spacial score (nSPS) is 10.5. The van der Waals surface area contributed by atoms with Crippen LogP contribution in [0.2, 0.25) is 0 Å². The Balaban J connectivity index is 2.00. The molecule has 2 heterocycles. The van der Waals surface area contributed by atoms with Crippen molar-refractivity contribution >= 4 is 28.3 Å². The molecule has 1 amide bonds. The maximum absolute atomic E-state index is 12.2. The zero-order valence-electron chi connectivity index (χ0n) is 11.4. The second-order valence-corrected chi connectivity index (χ2v) is 4.57. The van der Waals surface area contributed by atoms with Crippen molar-refractivity contribution in [1.82, 2.24) is 15.0 Å². The van der Waals surface area contributed by atoms with E-state index in [2.05, 4.69) is 20.3 Å². The van der Waals surface area contributed by atoms with E-state index >= 15 is 0 Å². The van der Waals surface area contributed by atoms with Crippen LogP contribution in [0.3, 0.4) is 0 Å². The molecule has 3 rings (SSSR count). The molecule has 0 unspecified atom stereocenters. The number of fused-ring (bicyclic) bond motifs is 1. The van der Waals surface area contributed by atoms with Gasteiger partial charge in [0.2, 0.25) is 0 Å². The summed E-state index contributed by atoms with van der Waals surface area (Å²) in [7, 11) is 0. The summed E-state index contributed by atoms with van der Waals surface area (Å²) in [5, 5.41) is 3.73. The molecule has 0 aliphatic rings. The summed E-state index contributed by atoms with van der Waals surface area (Å²) in [6.45, 7) is 1.90. The van der Waals surface area contributed by atoms with E-state index in [0.717, 1.165) is 16.6 Å². The number of nitrogens with one attached hydrogen (secondary N) is 1. The molecule has 3 aromatic rings. The van der Waals surface area contributed by atoms with Gasteiger partial charge in [-0.05, 0) is 19.1 Å². The lowest BCUT2D eigenvalue weighted by Crippen LogP contribution is -2.17. The number of anilines is 2. The number of hydrogen-bond acceptors (Lipinski definition) is 5. The van der Waals surface area contributed by atoms with Gasteiger partial charge in [0.15, 0.2) is 11.5 Å². The second-order valence-electron chi connectivity index (χ2n) is 4.57. The first-order valence-corrected chi connectivity index (χ1v) is 6.39. The molecule has 21 heavy (non-hydrogen) atoms. The van der Waals surface area contributed by atoms with Gasteiger partial charge in [-0.3, -0.25) is 9.78 Å². The fraction of sp³-hybridized carbons (Fsp3) is 0.0667. The van der Waals surface area contributed by atoms with Crippen LogP contribution >= 0.6 is 0 Å². The molecule has 6 heteroatoms. The number of rotatable bonds is 2. The average molecular weight is 279 g/mol. The second kappa shape index (κ2) is 5.16. The van der Waals surface area contributed by atoms with E-state index in [0.29, 0.717) is 5.69 Å². The van der Waals surface area contributed by atoms with Crippen LogP contribution in [0.4, 0.5) is 11.5 Å². The molecule has 2 aromatic heterocycles. The Hall–Kier alpha value is -3.02. The van der Waals surface area contributed by atoms with Gasteiger partial charge in [-0.2, -0.15) is 0 Å². The molecule has 0 aliphatic heterocycles. The van der Waals surface area contributed by atoms with Gasteiger partial charge < -0.3 is 11.1 Å². The lowest BCUT2D eigenvalue weighted by Gasteiger charge is -2.09. The number of aryl methyl sites for hydroxylation is 1. The molecule has 0 radical (unpaired) electrons. The number of benzene rings is 1. The monoisotopic (exact) mass is 279 g/mol. The predicted octanol–water partition coefficient (Wildman–Crippen LogP) is 2.17. The van der Waals surface area contributed by atoms with Gasteiger partial charge >= 0.3 is 0 Å². The number of hydrogen-bond donors (Lipinski definition) is 2. The summed E-state index contributed by atoms with van der Waals surface area (Å²) in [5.41, 5.74) is 7.99. The minimum Gasteiger partial charge on any atom is -0.382 e. The minimum atomic E-state index is -0.406. The summed E-state index contributed by atoms with van der Waals surface area (Å²) in [6.07, 6.45) is 2.87. The number of para-hydroxylation sites is 1. The standard InChI is InChI=1S/C15H13N5O/c1-9-5-6-10-3-2-4-11(12(10)19-9)20-15(21)13-14(16)18-8-7-17-13/h2-8H,1H3,(H2,16,18)(H,20,21). The Labute approximate surface area is 121 Å². The van der Waals surface area contributed by atoms with Gasteiger partial charge in [0.1, 0.15) is 0 Å². The first-order chi connectivity index (χ1) is 10.1. The van der Waals surface area contributed by atoms with E-state index in [1.807, 2.05) is 31.2 Å². The van der Waals surface area contributed by atoms with Gasteiger partial charge in [0.05, 0.1) is 11.2 Å². The molecule has 0 aliphatic carbocycles. The number of nitrogens with two attached hydrogens (primary N) is 1. The SMILES string of the molecule is Cc1ccc2cccc(NC(=O)c3nccnc3N)c2n1. The largest absolute Gasteiger partial charge is 0.382 e. The summed E-state index contributed by atoms with van der Waals surface area (Å²) in [6, 6.07) is 9.47. The maximum Gasteiger partial charge on any atom is 0.278 e. The number of carbonyl (C=O) groups is 1. The fourth-order valence-corrected chi connectivity index (χ4v) is 2.05. The van der Waals surface area contributed by atoms with Crippen molar-refractivity contribution in [2.75, 3.05) is 11.1 Å². The molecule has 0 atom stereocenters. The molecule has 0 saturated heterocycles. The molecule has 0 saturated carbocycles. The van der Waals surface area contributed by atoms with Crippen LogP contribution in [0, 0.1) is 6.92 Å². The van der Waals surface area contributed by atoms with Crippen LogP contribution < -0.4 is 11.1 Å². The van der Waals surface area contributed by atoms with Crippen LogP contribution in [0.25, 0.3) is 10.9 Å². The van der Waals surface area contributed by atoms with Crippen LogP contribution in [0.1, 0.15) is 16.2 Å². The Kier molecular flexibility index (Phi) is 3.19. The molecule has 6 nitrogen and oxygen atoms in total. The van der Waals surface area contributed by atoms with Gasteiger partial charge in [0.25, 0.3) is 5.91 Å². The van der Waals surface area contributed by atoms with E-state index in [4.69, 9.17) is 5.73 Å². The highest BCUT2D eigenvalue weighted by Crippen LogP contribution is 2.22. The van der Waals surface area contributed by atoms with E-state index < -0.39 is 5.91 Å². The predicted molar refractivity (Wildman–Crippen MR) is 80.9 cm³/mol. The van der Waals surface area contributed by atoms with Crippen molar-refractivity contribution < 1.29 is 4.79 Å². The van der Waals surface area contributed by atoms with Crippen molar-refractivity contribution in [1.29, 1.82) is 0 Å². The van der Waals surface area contributed by atoms with Crippen LogP contribution in [0.15, 0.2) is 42.7 Å². The highest BCUT2D eigenvalue weighted by Gasteiger charge is 2.13. The third-order valence-electron chi connectivity index (χ3n) is 3.05. The zero-order chi connectivity index (χ0) is 14.8. The average Bonchev–Trinajstić information content (AvgIpc) is 2.48. The van der Waals surface area contributed by atoms with Gasteiger partial charge in [0, 0.05) is 23.5 Å². The van der Waals surface area contributed by atoms with E-state index in [-0.39, 0.29) is 11.5 Å². The van der Waals surface area contributed by atoms with E-state index in [9.17, 15) is 4.79 Å². The highest BCUT2D eigenvalue weighted by atomic mass is 16.1. The topological polar surface area (TPSA) is 93.8 Å². The van der Waals surface area contributed by atoms with Crippen molar-refractivity contribution in [3.05, 3.63) is 54.1 Å². The third-order valence-corrected chi connectivity index (χ3v) is 3.05. The number of amides is 1. The molecular weight excluding hydrogens is 266 g/mol. The Morgan fingerprint density at radius 2 is 1.95 bits per heavy atom. The van der Waals surface area contributed by atoms with Crippen molar-refractivity contribution in [3.63, 3.8) is 0 Å². The molecule has 0 fully saturated rings. The molecule has 1 aromatic carbocycles. The highest BCUT2D eigenvalue weighted by molar-refractivity contribution is 6.09. The van der Waals surface area contributed by atoms with Crippen molar-refractivity contribution in [3.8, 4) is 0 Å². The zero-order valence-corrected chi connectivity index (χ0v) is 11.4. The quantitative estimate of drug-likeness (QED) is 0.749. The first kappa shape index (κ1) is 13.0. The number of pyridine rings is 1. The van der Waals surface area contributed by atoms with Gasteiger partial charge in [-0.25, -0.2) is 9.97 Å². The lowest BCUT2D eigenvalue weighted by molar-refractivity contribution is 0.102. The number of aromatic nitrogens is 3. The first-order valence-electron chi connectivity index (χ1n) is 6.39. The van der Waals surface area contributed by atoms with Crippen LogP contribution in [-0.2, 0) is 0 Å². The molecular formula is C15H13N5O. The summed E-state index contributed by atoms with van der Waals surface area (Å²) in [4.78, 5) is 24.5. The molecule has 0 spiro atoms.